The van der Waals surface area contributed by atoms with Crippen molar-refractivity contribution in [1.82, 2.24) is 0 Å². The predicted octanol–water partition coefficient (Wildman–Crippen LogP) is -3.91. The number of unbranched alkanes of at least 4 members (excludes halogenated alkanes) is 1. The summed E-state index contributed by atoms with van der Waals surface area (Å²) in [6.45, 7) is 2.40. The molecule has 0 aromatic carbocycles. The summed E-state index contributed by atoms with van der Waals surface area (Å²) in [5.74, 6) is 0. The van der Waals surface area contributed by atoms with Crippen molar-refractivity contribution >= 4 is 0 Å². The number of halogens is 2. The average Bonchev–Trinajstić information content (AvgIpc) is 2.44. The molecule has 0 fully saturated rings. The largest absolute Gasteiger partial charge is 3.00 e. The number of rotatable bonds is 2. The summed E-state index contributed by atoms with van der Waals surface area (Å²) >= 11 is 0. The van der Waals surface area contributed by atoms with Crippen molar-refractivity contribution < 1.29 is 56.1 Å². The second-order valence-corrected chi connectivity index (χ2v) is 2.08. The van der Waals surface area contributed by atoms with Crippen molar-refractivity contribution in [3.63, 3.8) is 0 Å². The molecule has 0 amide bonds. The first-order valence-corrected chi connectivity index (χ1v) is 3.74. The minimum absolute atomic E-state index is 0. The molecule has 1 aliphatic carbocycles. The van der Waals surface area contributed by atoms with Gasteiger partial charge in [-0.05, 0) is 6.42 Å². The third-order valence-corrected chi connectivity index (χ3v) is 1.10. The Morgan fingerprint density at radius 2 is 2.00 bits per heavy atom. The van der Waals surface area contributed by atoms with E-state index in [9.17, 15) is 0 Å². The Bertz CT molecular complexity index is 104. The van der Waals surface area contributed by atoms with Gasteiger partial charge in [-0.25, -0.2) is 12.2 Å². The molecule has 1 nitrogen and oxygen atoms in total. The van der Waals surface area contributed by atoms with E-state index in [1.54, 1.807) is 0 Å². The minimum Gasteiger partial charge on any atom is -1.00 e. The zero-order valence-corrected chi connectivity index (χ0v) is 11.7. The maximum absolute atomic E-state index is 8.07. The van der Waals surface area contributed by atoms with Crippen LogP contribution in [0.5, 0.6) is 0 Å². The van der Waals surface area contributed by atoms with E-state index >= 15 is 0 Å². The molecule has 0 saturated carbocycles. The van der Waals surface area contributed by atoms with Gasteiger partial charge in [-0.15, -0.1) is 6.42 Å². The Labute approximate surface area is 113 Å². The Balaban J connectivity index is -0.0000000506. The first kappa shape index (κ1) is 23.6. The van der Waals surface area contributed by atoms with E-state index in [-0.39, 0.29) is 51.0 Å². The van der Waals surface area contributed by atoms with Crippen LogP contribution < -0.4 is 24.8 Å². The standard InChI is InChI=1S/C5H5.C4H10O.2ClH.Zr/c1-2-4-5-3-1;1-2-3-4-5;;;/h1-3H,4H2;5H,2-4H2,1H3;2*1H;/q-1;;;;+3/p-2. The van der Waals surface area contributed by atoms with Crippen molar-refractivity contribution in [2.45, 2.75) is 26.2 Å². The number of aliphatic hydroxyl groups excluding tert-OH is 1. The van der Waals surface area contributed by atoms with E-state index in [1.165, 1.54) is 0 Å². The van der Waals surface area contributed by atoms with Crippen LogP contribution in [0.4, 0.5) is 0 Å². The molecule has 0 heterocycles. The van der Waals surface area contributed by atoms with Crippen molar-refractivity contribution in [3.05, 3.63) is 24.3 Å². The molecular formula is C9H15Cl2OZr. The second kappa shape index (κ2) is 23.1. The average molecular weight is 301 g/mol. The number of hydrogen-bond donors (Lipinski definition) is 1. The number of aliphatic hydroxyl groups is 1. The summed E-state index contributed by atoms with van der Waals surface area (Å²) in [6, 6.07) is 0. The Morgan fingerprint density at radius 1 is 1.38 bits per heavy atom. The van der Waals surface area contributed by atoms with E-state index < -0.39 is 0 Å². The molecule has 13 heavy (non-hydrogen) atoms. The topological polar surface area (TPSA) is 20.2 Å². The maximum atomic E-state index is 8.07. The van der Waals surface area contributed by atoms with Crippen molar-refractivity contribution in [2.75, 3.05) is 6.61 Å². The molecule has 0 unspecified atom stereocenters. The normalized spacial score (nSPS) is 10.0. The van der Waals surface area contributed by atoms with Crippen LogP contribution in [-0.2, 0) is 26.2 Å². The van der Waals surface area contributed by atoms with Gasteiger partial charge in [0, 0.05) is 6.61 Å². The van der Waals surface area contributed by atoms with Gasteiger partial charge in [0.1, 0.15) is 0 Å². The molecule has 1 aliphatic rings. The quantitative estimate of drug-likeness (QED) is 0.517. The van der Waals surface area contributed by atoms with Gasteiger partial charge in [0.2, 0.25) is 0 Å². The molecule has 1 N–H and O–H groups in total. The van der Waals surface area contributed by atoms with Crippen LogP contribution in [0.1, 0.15) is 26.2 Å². The first-order valence-electron chi connectivity index (χ1n) is 3.74. The monoisotopic (exact) mass is 299 g/mol. The Hall–Kier alpha value is 0.903. The number of hydrogen-bond acceptors (Lipinski definition) is 1. The van der Waals surface area contributed by atoms with Crippen molar-refractivity contribution in [1.29, 1.82) is 0 Å². The Morgan fingerprint density at radius 3 is 2.08 bits per heavy atom. The predicted molar refractivity (Wildman–Crippen MR) is 43.6 cm³/mol. The molecule has 75 valence electrons. The molecule has 0 saturated heterocycles. The minimum atomic E-state index is 0. The van der Waals surface area contributed by atoms with Crippen LogP contribution in [0.3, 0.4) is 0 Å². The van der Waals surface area contributed by atoms with Gasteiger partial charge in [0.15, 0.2) is 0 Å². The number of allylic oxidation sites excluding steroid dienone is 4. The molecule has 0 aliphatic heterocycles. The smallest absolute Gasteiger partial charge is 1.00 e. The molecule has 1 rings (SSSR count). The second-order valence-electron chi connectivity index (χ2n) is 2.08. The molecule has 0 atom stereocenters. The van der Waals surface area contributed by atoms with Gasteiger partial charge in [0.25, 0.3) is 0 Å². The SMILES string of the molecule is CCCCO.[C-]1=CC=CC1.[Cl-].[Cl-].[Zr+3]. The van der Waals surface area contributed by atoms with Crippen LogP contribution in [0.15, 0.2) is 18.2 Å². The third-order valence-electron chi connectivity index (χ3n) is 1.10. The van der Waals surface area contributed by atoms with E-state index in [2.05, 4.69) is 19.1 Å². The zero-order valence-electron chi connectivity index (χ0n) is 7.76. The maximum Gasteiger partial charge on any atom is 3.00 e. The van der Waals surface area contributed by atoms with Gasteiger partial charge in [-0.2, -0.15) is 6.08 Å². The zero-order chi connectivity index (χ0) is 7.66. The molecule has 0 aromatic rings. The van der Waals surface area contributed by atoms with Crippen LogP contribution in [-0.4, -0.2) is 11.7 Å². The summed E-state index contributed by atoms with van der Waals surface area (Å²) in [4.78, 5) is 0. The van der Waals surface area contributed by atoms with Crippen LogP contribution >= 0.6 is 0 Å². The van der Waals surface area contributed by atoms with Crippen LogP contribution in [0.2, 0.25) is 0 Å². The molecule has 1 radical (unpaired) electrons. The van der Waals surface area contributed by atoms with Crippen molar-refractivity contribution in [2.24, 2.45) is 0 Å². The van der Waals surface area contributed by atoms with E-state index in [0.717, 1.165) is 19.3 Å². The summed E-state index contributed by atoms with van der Waals surface area (Å²) in [6.07, 6.45) is 12.0. The van der Waals surface area contributed by atoms with Crippen LogP contribution in [0.25, 0.3) is 0 Å². The van der Waals surface area contributed by atoms with E-state index in [0.29, 0.717) is 6.61 Å². The van der Waals surface area contributed by atoms with E-state index in [4.69, 9.17) is 5.11 Å². The van der Waals surface area contributed by atoms with Crippen LogP contribution in [0, 0.1) is 6.08 Å². The van der Waals surface area contributed by atoms with Gasteiger partial charge >= 0.3 is 26.2 Å². The summed E-state index contributed by atoms with van der Waals surface area (Å²) in [5, 5.41) is 8.07. The van der Waals surface area contributed by atoms with Gasteiger partial charge in [-0.1, -0.05) is 13.3 Å². The molecular weight excluding hydrogens is 286 g/mol. The first-order chi connectivity index (χ1) is 4.91. The summed E-state index contributed by atoms with van der Waals surface area (Å²) in [5.41, 5.74) is 0. The van der Waals surface area contributed by atoms with Gasteiger partial charge < -0.3 is 29.9 Å². The molecule has 0 spiro atoms. The fourth-order valence-corrected chi connectivity index (χ4v) is 0.498. The van der Waals surface area contributed by atoms with E-state index in [1.807, 2.05) is 12.2 Å². The van der Waals surface area contributed by atoms with Gasteiger partial charge in [-0.3, -0.25) is 6.08 Å². The molecule has 4 heteroatoms. The van der Waals surface area contributed by atoms with Gasteiger partial charge in [0.05, 0.1) is 0 Å². The third kappa shape index (κ3) is 24.6. The fourth-order valence-electron chi connectivity index (χ4n) is 0.498. The molecule has 0 aromatic heterocycles. The molecule has 0 bridgehead atoms. The fraction of sp³-hybridized carbons (Fsp3) is 0.556. The Kier molecular flexibility index (Phi) is 41.9. The van der Waals surface area contributed by atoms with Crippen molar-refractivity contribution in [3.8, 4) is 0 Å². The summed E-state index contributed by atoms with van der Waals surface area (Å²) < 4.78 is 0. The summed E-state index contributed by atoms with van der Waals surface area (Å²) in [7, 11) is 0.